The van der Waals surface area contributed by atoms with Gasteiger partial charge in [-0.15, -0.1) is 11.8 Å². The van der Waals surface area contributed by atoms with Crippen molar-refractivity contribution in [2.24, 2.45) is 0 Å². The van der Waals surface area contributed by atoms with Crippen LogP contribution in [0.4, 0.5) is 8.78 Å². The molecule has 0 amide bonds. The molecule has 6 aromatic carbocycles. The van der Waals surface area contributed by atoms with Crippen LogP contribution < -0.4 is 9.47 Å². The summed E-state index contributed by atoms with van der Waals surface area (Å²) in [5.74, 6) is 0.920. The van der Waals surface area contributed by atoms with Gasteiger partial charge in [0.05, 0.1) is 20.7 Å². The van der Waals surface area contributed by atoms with Gasteiger partial charge in [0.1, 0.15) is 36.3 Å². The van der Waals surface area contributed by atoms with Gasteiger partial charge in [0, 0.05) is 31.8 Å². The molecule has 0 aliphatic rings. The molecule has 6 aromatic rings. The lowest BCUT2D eigenvalue weighted by atomic mass is 10.2. The summed E-state index contributed by atoms with van der Waals surface area (Å²) in [6.45, 7) is 0.0399. The van der Waals surface area contributed by atoms with Crippen LogP contribution >= 0.6 is 58.2 Å². The Labute approximate surface area is 326 Å². The van der Waals surface area contributed by atoms with Gasteiger partial charge in [-0.1, -0.05) is 82.8 Å². The molecule has 0 aromatic heterocycles. The van der Waals surface area contributed by atoms with E-state index in [1.165, 1.54) is 42.5 Å². The maximum atomic E-state index is 13.8. The van der Waals surface area contributed by atoms with Crippen molar-refractivity contribution in [2.45, 2.75) is 34.5 Å². The molecule has 0 bridgehead atoms. The first kappa shape index (κ1) is 39.4. The van der Waals surface area contributed by atoms with Crippen molar-refractivity contribution in [1.29, 1.82) is 0 Å². The highest BCUT2D eigenvalue weighted by Crippen LogP contribution is 2.28. The van der Waals surface area contributed by atoms with E-state index >= 15 is 0 Å². The maximum absolute atomic E-state index is 13.8. The zero-order chi connectivity index (χ0) is 37.1. The number of ether oxygens (including phenoxy) is 2. The van der Waals surface area contributed by atoms with Gasteiger partial charge in [-0.25, -0.2) is 17.2 Å². The van der Waals surface area contributed by atoms with E-state index in [2.05, 4.69) is 0 Å². The van der Waals surface area contributed by atoms with Crippen LogP contribution in [-0.4, -0.2) is 8.42 Å². The Bertz CT molecular complexity index is 2180. The Kier molecular flexibility index (Phi) is 14.3. The van der Waals surface area contributed by atoms with Gasteiger partial charge < -0.3 is 9.47 Å². The van der Waals surface area contributed by atoms with Crippen LogP contribution in [0.15, 0.2) is 143 Å². The summed E-state index contributed by atoms with van der Waals surface area (Å²) in [4.78, 5) is 1.34. The maximum Gasteiger partial charge on any atom is 0.182 e. The zero-order valence-electron chi connectivity index (χ0n) is 27.2. The van der Waals surface area contributed by atoms with Gasteiger partial charge in [-0.3, -0.25) is 0 Å². The topological polar surface area (TPSA) is 52.6 Å². The van der Waals surface area contributed by atoms with Crippen molar-refractivity contribution in [3.05, 3.63) is 187 Å². The van der Waals surface area contributed by atoms with E-state index in [0.29, 0.717) is 32.7 Å². The predicted molar refractivity (Wildman–Crippen MR) is 208 cm³/mol. The Balaban J connectivity index is 0.000000202. The summed E-state index contributed by atoms with van der Waals surface area (Å²) < 4.78 is 64.0. The smallest absolute Gasteiger partial charge is 0.182 e. The largest absolute Gasteiger partial charge is 0.489 e. The number of hydrogen-bond donors (Lipinski definition) is 0. The number of benzene rings is 6. The molecule has 268 valence electrons. The first-order valence-electron chi connectivity index (χ1n) is 15.6. The quantitative estimate of drug-likeness (QED) is 0.115. The normalized spacial score (nSPS) is 11.0. The molecule has 6 rings (SSSR count). The van der Waals surface area contributed by atoms with E-state index in [9.17, 15) is 17.2 Å². The number of hydrogen-bond acceptors (Lipinski definition) is 5. The standard InChI is InChI=1S/C20H15Cl2FO3S.C20H15Cl2FOS/c21-15-7-9-17(10-8-15)27(24,25)13-14-3-1-4-16(11-14)26-12-18-19(22)5-2-6-20(18)23;21-15-7-9-17(10-8-15)25-13-14-3-1-4-16(11-14)24-12-18-19(22)5-2-6-20(18)23/h1-11H,12-13H2;1-11H,12-13H2. The first-order valence-corrected chi connectivity index (χ1v) is 19.8. The minimum atomic E-state index is -3.52. The fourth-order valence-electron chi connectivity index (χ4n) is 4.74. The molecule has 0 radical (unpaired) electrons. The molecule has 12 heteroatoms. The Morgan fingerprint density at radius 3 is 1.54 bits per heavy atom. The van der Waals surface area contributed by atoms with E-state index in [1.807, 2.05) is 48.5 Å². The van der Waals surface area contributed by atoms with Crippen LogP contribution in [0.2, 0.25) is 20.1 Å². The Morgan fingerprint density at radius 1 is 0.558 bits per heavy atom. The van der Waals surface area contributed by atoms with Gasteiger partial charge >= 0.3 is 0 Å². The number of halogens is 6. The minimum Gasteiger partial charge on any atom is -0.489 e. The van der Waals surface area contributed by atoms with Crippen LogP contribution in [0.1, 0.15) is 22.3 Å². The third kappa shape index (κ3) is 11.6. The lowest BCUT2D eigenvalue weighted by Gasteiger charge is -2.10. The Hall–Kier alpha value is -3.76. The predicted octanol–water partition coefficient (Wildman–Crippen LogP) is 12.7. The highest BCUT2D eigenvalue weighted by atomic mass is 35.5. The van der Waals surface area contributed by atoms with E-state index in [-0.39, 0.29) is 40.3 Å². The van der Waals surface area contributed by atoms with Crippen LogP contribution in [-0.2, 0) is 34.6 Å². The monoisotopic (exact) mass is 816 g/mol. The van der Waals surface area contributed by atoms with Crippen molar-refractivity contribution in [3.8, 4) is 11.5 Å². The van der Waals surface area contributed by atoms with Crippen LogP contribution in [0.3, 0.4) is 0 Å². The Morgan fingerprint density at radius 2 is 1.02 bits per heavy atom. The molecule has 0 saturated carbocycles. The molecule has 0 unspecified atom stereocenters. The fraction of sp³-hybridized carbons (Fsp3) is 0.100. The molecule has 4 nitrogen and oxygen atoms in total. The molecule has 0 aliphatic carbocycles. The molecular formula is C40H30Cl4F2O4S2. The molecule has 0 fully saturated rings. The van der Waals surface area contributed by atoms with E-state index in [0.717, 1.165) is 21.2 Å². The van der Waals surface area contributed by atoms with Gasteiger partial charge in [-0.05, 0) is 108 Å². The van der Waals surface area contributed by atoms with Gasteiger partial charge in [0.25, 0.3) is 0 Å². The molecule has 0 N–H and O–H groups in total. The molecule has 0 saturated heterocycles. The summed E-state index contributed by atoms with van der Waals surface area (Å²) in [5, 5.41) is 1.84. The number of sulfone groups is 1. The summed E-state index contributed by atoms with van der Waals surface area (Å²) >= 11 is 25.4. The summed E-state index contributed by atoms with van der Waals surface area (Å²) in [6.07, 6.45) is 0. The minimum absolute atomic E-state index is 0.0567. The number of rotatable bonds is 12. The third-order valence-corrected chi connectivity index (χ3v) is 11.4. The van der Waals surface area contributed by atoms with Crippen LogP contribution in [0.25, 0.3) is 0 Å². The molecule has 0 heterocycles. The van der Waals surface area contributed by atoms with Gasteiger partial charge in [0.15, 0.2) is 9.84 Å². The van der Waals surface area contributed by atoms with E-state index in [4.69, 9.17) is 55.9 Å². The van der Waals surface area contributed by atoms with E-state index in [1.54, 1.807) is 54.2 Å². The fourth-order valence-corrected chi connectivity index (χ4v) is 7.61. The van der Waals surface area contributed by atoms with Crippen LogP contribution in [0, 0.1) is 11.6 Å². The first-order chi connectivity index (χ1) is 25.0. The second-order valence-corrected chi connectivity index (χ2v) is 16.0. The second-order valence-electron chi connectivity index (χ2n) is 11.2. The zero-order valence-corrected chi connectivity index (χ0v) is 31.9. The van der Waals surface area contributed by atoms with Crippen LogP contribution in [0.5, 0.6) is 11.5 Å². The van der Waals surface area contributed by atoms with Crippen molar-refractivity contribution < 1.29 is 26.7 Å². The second kappa shape index (κ2) is 18.8. The number of thioether (sulfide) groups is 1. The highest BCUT2D eigenvalue weighted by Gasteiger charge is 2.16. The van der Waals surface area contributed by atoms with Gasteiger partial charge in [-0.2, -0.15) is 0 Å². The average Bonchev–Trinajstić information content (AvgIpc) is 3.12. The summed E-state index contributed by atoms with van der Waals surface area (Å²) in [6, 6.07) is 37.2. The lowest BCUT2D eigenvalue weighted by Crippen LogP contribution is -2.05. The molecule has 0 aliphatic heterocycles. The lowest BCUT2D eigenvalue weighted by molar-refractivity contribution is 0.299. The van der Waals surface area contributed by atoms with Crippen molar-refractivity contribution >= 4 is 68.0 Å². The van der Waals surface area contributed by atoms with Crippen molar-refractivity contribution in [1.82, 2.24) is 0 Å². The third-order valence-electron chi connectivity index (χ3n) is 7.44. The molecule has 52 heavy (non-hydrogen) atoms. The molecular weight excluding hydrogens is 788 g/mol. The molecule has 0 spiro atoms. The van der Waals surface area contributed by atoms with Gasteiger partial charge in [0.2, 0.25) is 0 Å². The van der Waals surface area contributed by atoms with Crippen molar-refractivity contribution in [2.75, 3.05) is 0 Å². The van der Waals surface area contributed by atoms with Crippen molar-refractivity contribution in [3.63, 3.8) is 0 Å². The SMILES string of the molecule is Fc1cccc(Cl)c1COc1cccc(CSc2ccc(Cl)cc2)c1.O=S(=O)(Cc1cccc(OCc2c(F)cccc2Cl)c1)c1ccc(Cl)cc1. The highest BCUT2D eigenvalue weighted by molar-refractivity contribution is 7.98. The summed E-state index contributed by atoms with van der Waals surface area (Å²) in [5.41, 5.74) is 2.29. The van der Waals surface area contributed by atoms with E-state index < -0.39 is 15.7 Å². The molecule has 0 atom stereocenters. The average molecular weight is 819 g/mol. The summed E-state index contributed by atoms with van der Waals surface area (Å²) in [7, 11) is -3.52.